The summed E-state index contributed by atoms with van der Waals surface area (Å²) in [5, 5.41) is 2.98. The lowest BCUT2D eigenvalue weighted by atomic mass is 10.3. The van der Waals surface area contributed by atoms with E-state index in [0.717, 1.165) is 13.0 Å². The van der Waals surface area contributed by atoms with Crippen LogP contribution in [0.4, 0.5) is 0 Å². The number of hydrogen-bond donors (Lipinski definition) is 1. The van der Waals surface area contributed by atoms with Gasteiger partial charge in [0.1, 0.15) is 0 Å². The van der Waals surface area contributed by atoms with Crippen molar-refractivity contribution in [2.24, 2.45) is 0 Å². The zero-order chi connectivity index (χ0) is 6.69. The zero-order valence-corrected chi connectivity index (χ0v) is 5.65. The zero-order valence-electron chi connectivity index (χ0n) is 4.83. The van der Waals surface area contributed by atoms with Gasteiger partial charge in [0.25, 0.3) is 0 Å². The second-order valence-electron chi connectivity index (χ2n) is 1.92. The fraction of sp³-hybridized carbons (Fsp3) is 1.00. The lowest BCUT2D eigenvalue weighted by Crippen LogP contribution is -2.17. The number of rotatable bonds is 2. The first-order valence-electron chi connectivity index (χ1n) is 2.76. The van der Waals surface area contributed by atoms with Gasteiger partial charge in [-0.25, -0.2) is 4.21 Å². The first-order chi connectivity index (χ1) is 4.29. The molecule has 9 heavy (non-hydrogen) atoms. The SMILES string of the molecule is O=S([O-])OC1CCNC1. The van der Waals surface area contributed by atoms with Crippen molar-refractivity contribution >= 4 is 11.4 Å². The van der Waals surface area contributed by atoms with E-state index >= 15 is 0 Å². The molecule has 0 aromatic heterocycles. The van der Waals surface area contributed by atoms with Crippen molar-refractivity contribution < 1.29 is 12.9 Å². The molecule has 0 aromatic rings. The standard InChI is InChI=1S/C4H9NO3S/c6-9(7)8-4-1-2-5-3-4/h4-5H,1-3H2,(H,6,7)/p-1. The van der Waals surface area contributed by atoms with Gasteiger partial charge in [-0.1, -0.05) is 0 Å². The van der Waals surface area contributed by atoms with Gasteiger partial charge in [-0.05, 0) is 13.0 Å². The summed E-state index contributed by atoms with van der Waals surface area (Å²) >= 11 is -2.35. The molecule has 54 valence electrons. The molecule has 0 amide bonds. The molecule has 0 spiro atoms. The van der Waals surface area contributed by atoms with Crippen molar-refractivity contribution in [1.82, 2.24) is 5.32 Å². The molecular formula is C4H8NO3S-. The third-order valence-corrected chi connectivity index (χ3v) is 1.66. The van der Waals surface area contributed by atoms with Crippen LogP contribution < -0.4 is 5.32 Å². The van der Waals surface area contributed by atoms with Gasteiger partial charge in [-0.15, -0.1) is 0 Å². The topological polar surface area (TPSA) is 61.4 Å². The average Bonchev–Trinajstić information content (AvgIpc) is 2.15. The summed E-state index contributed by atoms with van der Waals surface area (Å²) in [6.07, 6.45) is 0.650. The highest BCUT2D eigenvalue weighted by Gasteiger charge is 2.14. The van der Waals surface area contributed by atoms with Crippen LogP contribution in [0.25, 0.3) is 0 Å². The van der Waals surface area contributed by atoms with Crippen LogP contribution in [-0.2, 0) is 15.5 Å². The Balaban J connectivity index is 2.19. The molecule has 1 fully saturated rings. The smallest absolute Gasteiger partial charge is 0.0873 e. The summed E-state index contributed by atoms with van der Waals surface area (Å²) in [4.78, 5) is 0. The van der Waals surface area contributed by atoms with E-state index in [-0.39, 0.29) is 6.10 Å². The Morgan fingerprint density at radius 3 is 3.00 bits per heavy atom. The Labute approximate surface area is 56.1 Å². The van der Waals surface area contributed by atoms with Gasteiger partial charge in [0.2, 0.25) is 0 Å². The van der Waals surface area contributed by atoms with Gasteiger partial charge in [0.15, 0.2) is 0 Å². The largest absolute Gasteiger partial charge is 0.750 e. The van der Waals surface area contributed by atoms with E-state index in [2.05, 4.69) is 9.50 Å². The van der Waals surface area contributed by atoms with Crippen molar-refractivity contribution in [2.75, 3.05) is 13.1 Å². The molecule has 0 aromatic carbocycles. The molecule has 2 unspecified atom stereocenters. The first kappa shape index (κ1) is 7.14. The van der Waals surface area contributed by atoms with Crippen molar-refractivity contribution in [3.8, 4) is 0 Å². The minimum atomic E-state index is -2.35. The molecule has 0 aliphatic carbocycles. The van der Waals surface area contributed by atoms with Gasteiger partial charge in [0.05, 0.1) is 17.5 Å². The van der Waals surface area contributed by atoms with Gasteiger partial charge in [0, 0.05) is 6.54 Å². The second-order valence-corrected chi connectivity index (χ2v) is 2.52. The summed E-state index contributed by atoms with van der Waals surface area (Å²) in [5.41, 5.74) is 0. The lowest BCUT2D eigenvalue weighted by Gasteiger charge is -2.10. The molecule has 1 heterocycles. The van der Waals surface area contributed by atoms with Crippen molar-refractivity contribution in [1.29, 1.82) is 0 Å². The Bertz CT molecular complexity index is 112. The predicted octanol–water partition coefficient (Wildman–Crippen LogP) is -0.841. The van der Waals surface area contributed by atoms with E-state index in [1.165, 1.54) is 0 Å². The minimum Gasteiger partial charge on any atom is -0.750 e. The second kappa shape index (κ2) is 3.26. The monoisotopic (exact) mass is 150 g/mol. The van der Waals surface area contributed by atoms with E-state index in [9.17, 15) is 8.76 Å². The van der Waals surface area contributed by atoms with Crippen LogP contribution in [-0.4, -0.2) is 28.0 Å². The van der Waals surface area contributed by atoms with Crippen LogP contribution in [0, 0.1) is 0 Å². The van der Waals surface area contributed by atoms with Crippen LogP contribution in [0.2, 0.25) is 0 Å². The highest BCUT2D eigenvalue weighted by Crippen LogP contribution is 2.03. The fourth-order valence-corrected chi connectivity index (χ4v) is 1.21. The summed E-state index contributed by atoms with van der Waals surface area (Å²) < 4.78 is 24.3. The maximum absolute atomic E-state index is 9.91. The molecule has 1 aliphatic rings. The Morgan fingerprint density at radius 1 is 1.78 bits per heavy atom. The Morgan fingerprint density at radius 2 is 2.56 bits per heavy atom. The molecule has 0 radical (unpaired) electrons. The van der Waals surface area contributed by atoms with Crippen molar-refractivity contribution in [2.45, 2.75) is 12.5 Å². The van der Waals surface area contributed by atoms with E-state index in [4.69, 9.17) is 0 Å². The third-order valence-electron chi connectivity index (χ3n) is 1.23. The third kappa shape index (κ3) is 2.40. The van der Waals surface area contributed by atoms with Gasteiger partial charge >= 0.3 is 0 Å². The molecule has 1 rings (SSSR count). The molecule has 2 atom stereocenters. The maximum Gasteiger partial charge on any atom is 0.0873 e. The lowest BCUT2D eigenvalue weighted by molar-refractivity contribution is 0.220. The van der Waals surface area contributed by atoms with E-state index in [1.807, 2.05) is 0 Å². The summed E-state index contributed by atoms with van der Waals surface area (Å²) in [6, 6.07) is 0. The van der Waals surface area contributed by atoms with Crippen LogP contribution in [0.5, 0.6) is 0 Å². The van der Waals surface area contributed by atoms with Crippen LogP contribution in [0.3, 0.4) is 0 Å². The normalized spacial score (nSPS) is 30.6. The van der Waals surface area contributed by atoms with Gasteiger partial charge in [-0.2, -0.15) is 0 Å². The fourth-order valence-electron chi connectivity index (χ4n) is 0.821. The van der Waals surface area contributed by atoms with Gasteiger partial charge in [-0.3, -0.25) is 4.18 Å². The average molecular weight is 150 g/mol. The summed E-state index contributed by atoms with van der Waals surface area (Å²) in [6.45, 7) is 1.50. The molecule has 1 saturated heterocycles. The minimum absolute atomic E-state index is 0.136. The predicted molar refractivity (Wildman–Crippen MR) is 31.3 cm³/mol. The summed E-state index contributed by atoms with van der Waals surface area (Å²) in [5.74, 6) is 0. The Kier molecular flexibility index (Phi) is 2.59. The highest BCUT2D eigenvalue weighted by molar-refractivity contribution is 7.74. The first-order valence-corrected chi connectivity index (χ1v) is 3.76. The van der Waals surface area contributed by atoms with Crippen LogP contribution in [0.15, 0.2) is 0 Å². The van der Waals surface area contributed by atoms with Crippen molar-refractivity contribution in [3.63, 3.8) is 0 Å². The van der Waals surface area contributed by atoms with Crippen LogP contribution >= 0.6 is 0 Å². The Hall–Kier alpha value is 0.0300. The molecule has 4 nitrogen and oxygen atoms in total. The van der Waals surface area contributed by atoms with E-state index in [1.54, 1.807) is 0 Å². The molecule has 1 N–H and O–H groups in total. The van der Waals surface area contributed by atoms with Crippen molar-refractivity contribution in [3.05, 3.63) is 0 Å². The number of nitrogens with one attached hydrogen (secondary N) is 1. The highest BCUT2D eigenvalue weighted by atomic mass is 32.2. The molecule has 0 bridgehead atoms. The van der Waals surface area contributed by atoms with Gasteiger partial charge < -0.3 is 9.87 Å². The van der Waals surface area contributed by atoms with E-state index < -0.39 is 11.4 Å². The van der Waals surface area contributed by atoms with Crippen LogP contribution in [0.1, 0.15) is 6.42 Å². The molecule has 1 aliphatic heterocycles. The molecular weight excluding hydrogens is 142 g/mol. The summed E-state index contributed by atoms with van der Waals surface area (Å²) in [7, 11) is 0. The quantitative estimate of drug-likeness (QED) is 0.521. The number of hydrogen-bond acceptors (Lipinski definition) is 4. The molecule has 5 heteroatoms. The molecule has 0 saturated carbocycles. The maximum atomic E-state index is 9.91. The van der Waals surface area contributed by atoms with E-state index in [0.29, 0.717) is 6.54 Å².